The Morgan fingerprint density at radius 3 is 2.15 bits per heavy atom. The van der Waals surface area contributed by atoms with Crippen molar-refractivity contribution in [3.63, 3.8) is 0 Å². The molecule has 4 nitrogen and oxygen atoms in total. The van der Waals surface area contributed by atoms with Crippen LogP contribution in [0.15, 0.2) is 30.3 Å². The molecule has 0 aromatic heterocycles. The van der Waals surface area contributed by atoms with Crippen LogP contribution < -0.4 is 5.32 Å². The fraction of sp³-hybridized carbons (Fsp3) is 0.250. The van der Waals surface area contributed by atoms with Crippen LogP contribution >= 0.6 is 8.25 Å². The van der Waals surface area contributed by atoms with Gasteiger partial charge in [-0.1, -0.05) is 30.3 Å². The monoisotopic (exact) mass is 203 g/mol. The van der Waals surface area contributed by atoms with Crippen LogP contribution in [-0.4, -0.2) is 16.8 Å². The second kappa shape index (κ2) is 7.95. The summed E-state index contributed by atoms with van der Waals surface area (Å²) in [4.78, 5) is 14.3. The van der Waals surface area contributed by atoms with Crippen molar-refractivity contribution >= 4 is 8.25 Å². The first-order valence-corrected chi connectivity index (χ1v) is 5.07. The van der Waals surface area contributed by atoms with Crippen molar-refractivity contribution in [1.29, 1.82) is 0 Å². The van der Waals surface area contributed by atoms with E-state index in [2.05, 4.69) is 17.4 Å². The van der Waals surface area contributed by atoms with Crippen molar-refractivity contribution in [2.75, 3.05) is 7.05 Å². The molecule has 0 bridgehead atoms. The zero-order valence-corrected chi connectivity index (χ0v) is 8.40. The lowest BCUT2D eigenvalue weighted by Crippen LogP contribution is -2.04. The Bertz CT molecular complexity index is 236. The fourth-order valence-electron chi connectivity index (χ4n) is 0.800. The topological polar surface area (TPSA) is 69.6 Å². The Labute approximate surface area is 78.2 Å². The van der Waals surface area contributed by atoms with Crippen LogP contribution in [-0.2, 0) is 11.1 Å². The molecular weight excluding hydrogens is 189 g/mol. The van der Waals surface area contributed by atoms with Gasteiger partial charge in [0.05, 0.1) is 0 Å². The third-order valence-electron chi connectivity index (χ3n) is 1.22. The van der Waals surface area contributed by atoms with Gasteiger partial charge in [-0.25, -0.2) is 0 Å². The predicted octanol–water partition coefficient (Wildman–Crippen LogP) is 0.767. The number of hydrogen-bond donors (Lipinski definition) is 3. The van der Waals surface area contributed by atoms with Crippen molar-refractivity contribution in [3.8, 4) is 0 Å². The molecule has 0 aliphatic rings. The summed E-state index contributed by atoms with van der Waals surface area (Å²) in [5.41, 5.74) is 1.33. The lowest BCUT2D eigenvalue weighted by molar-refractivity contribution is 0.405. The molecule has 0 unspecified atom stereocenters. The molecule has 0 aliphatic heterocycles. The summed E-state index contributed by atoms with van der Waals surface area (Å²) in [5.74, 6) is 0. The third-order valence-corrected chi connectivity index (χ3v) is 1.22. The number of benzene rings is 1. The van der Waals surface area contributed by atoms with Crippen LogP contribution in [0.25, 0.3) is 0 Å². The lowest BCUT2D eigenvalue weighted by atomic mass is 10.2. The maximum absolute atomic E-state index is 8.74. The molecule has 13 heavy (non-hydrogen) atoms. The van der Waals surface area contributed by atoms with Gasteiger partial charge in [0.15, 0.2) is 0 Å². The molecule has 0 fully saturated rings. The van der Waals surface area contributed by atoms with Crippen molar-refractivity contribution in [1.82, 2.24) is 5.32 Å². The first kappa shape index (κ1) is 12.3. The van der Waals surface area contributed by atoms with E-state index >= 15 is 0 Å². The van der Waals surface area contributed by atoms with Gasteiger partial charge in [0.25, 0.3) is 0 Å². The highest BCUT2D eigenvalue weighted by Gasteiger charge is 1.83. The zero-order valence-electron chi connectivity index (χ0n) is 7.40. The van der Waals surface area contributed by atoms with Gasteiger partial charge < -0.3 is 15.1 Å². The van der Waals surface area contributed by atoms with Gasteiger partial charge in [0.1, 0.15) is 0 Å². The Balaban J connectivity index is 0.000000310. The van der Waals surface area contributed by atoms with E-state index in [1.54, 1.807) is 0 Å². The smallest absolute Gasteiger partial charge is 0.314 e. The van der Waals surface area contributed by atoms with E-state index in [0.717, 1.165) is 6.54 Å². The molecule has 74 valence electrons. The molecule has 0 heterocycles. The average Bonchev–Trinajstić information content (AvgIpc) is 2.06. The van der Waals surface area contributed by atoms with Crippen LogP contribution in [0.1, 0.15) is 5.56 Å². The summed E-state index contributed by atoms with van der Waals surface area (Å²) in [6, 6.07) is 10.3. The lowest BCUT2D eigenvalue weighted by Gasteiger charge is -1.95. The average molecular weight is 203 g/mol. The van der Waals surface area contributed by atoms with E-state index in [-0.39, 0.29) is 0 Å². The van der Waals surface area contributed by atoms with Crippen LogP contribution in [0, 0.1) is 0 Å². The van der Waals surface area contributed by atoms with E-state index in [1.807, 2.05) is 25.2 Å². The Morgan fingerprint density at radius 2 is 1.77 bits per heavy atom. The molecular formula is C8H14NO3P. The van der Waals surface area contributed by atoms with Crippen molar-refractivity contribution in [2.45, 2.75) is 6.54 Å². The van der Waals surface area contributed by atoms with Crippen molar-refractivity contribution < 1.29 is 14.4 Å². The van der Waals surface area contributed by atoms with E-state index in [0.29, 0.717) is 0 Å². The minimum absolute atomic E-state index is 0.959. The molecule has 0 spiro atoms. The van der Waals surface area contributed by atoms with Gasteiger partial charge in [-0.3, -0.25) is 4.57 Å². The number of rotatable bonds is 2. The first-order valence-electron chi connectivity index (χ1n) is 3.77. The van der Waals surface area contributed by atoms with E-state index < -0.39 is 8.25 Å². The molecule has 1 rings (SSSR count). The minimum atomic E-state index is -3.13. The normalized spacial score (nSPS) is 9.23. The molecule has 0 amide bonds. The zero-order chi connectivity index (χ0) is 10.1. The molecule has 0 saturated carbocycles. The maximum atomic E-state index is 8.74. The first-order chi connectivity index (χ1) is 6.16. The van der Waals surface area contributed by atoms with Gasteiger partial charge in [0.2, 0.25) is 0 Å². The summed E-state index contributed by atoms with van der Waals surface area (Å²) in [7, 11) is -1.18. The second-order valence-electron chi connectivity index (χ2n) is 2.30. The van der Waals surface area contributed by atoms with Gasteiger partial charge in [-0.05, 0) is 12.6 Å². The number of nitrogens with one attached hydrogen (secondary N) is 1. The standard InChI is InChI=1S/C8H11N.H3O3P/c1-9-7-8-5-3-2-4-6-8;1-4(2)3/h2-6,9H,7H2,1H3;4H,(H2,1,2,3). The van der Waals surface area contributed by atoms with Crippen molar-refractivity contribution in [2.24, 2.45) is 0 Å². The summed E-state index contributed by atoms with van der Waals surface area (Å²) in [5, 5.41) is 3.08. The third kappa shape index (κ3) is 9.24. The second-order valence-corrected chi connectivity index (χ2v) is 2.86. The maximum Gasteiger partial charge on any atom is 0.314 e. The predicted molar refractivity (Wildman–Crippen MR) is 52.6 cm³/mol. The van der Waals surface area contributed by atoms with E-state index in [1.165, 1.54) is 5.56 Å². The van der Waals surface area contributed by atoms with Crippen LogP contribution in [0.5, 0.6) is 0 Å². The van der Waals surface area contributed by atoms with Gasteiger partial charge in [0, 0.05) is 6.54 Å². The van der Waals surface area contributed by atoms with Gasteiger partial charge in [-0.15, -0.1) is 0 Å². The van der Waals surface area contributed by atoms with E-state index in [4.69, 9.17) is 14.4 Å². The summed E-state index contributed by atoms with van der Waals surface area (Å²) >= 11 is 0. The Hall–Kier alpha value is -0.670. The van der Waals surface area contributed by atoms with Gasteiger partial charge in [-0.2, -0.15) is 0 Å². The Kier molecular flexibility index (Phi) is 7.54. The van der Waals surface area contributed by atoms with E-state index in [9.17, 15) is 0 Å². The van der Waals surface area contributed by atoms with Gasteiger partial charge >= 0.3 is 8.25 Å². The summed E-state index contributed by atoms with van der Waals surface area (Å²) in [6.07, 6.45) is 0. The highest BCUT2D eigenvalue weighted by atomic mass is 31.1. The summed E-state index contributed by atoms with van der Waals surface area (Å²) in [6.45, 7) is 0.959. The molecule has 1 aromatic carbocycles. The molecule has 0 saturated heterocycles. The molecule has 0 radical (unpaired) electrons. The SMILES string of the molecule is CNCc1ccccc1.O=[PH](O)O. The molecule has 1 aromatic rings. The highest BCUT2D eigenvalue weighted by molar-refractivity contribution is 7.30. The molecule has 5 heteroatoms. The number of hydrogen-bond acceptors (Lipinski definition) is 2. The highest BCUT2D eigenvalue weighted by Crippen LogP contribution is 1.98. The van der Waals surface area contributed by atoms with Crippen LogP contribution in [0.4, 0.5) is 0 Å². The quantitative estimate of drug-likeness (QED) is 0.621. The van der Waals surface area contributed by atoms with Crippen LogP contribution in [0.2, 0.25) is 0 Å². The largest absolute Gasteiger partial charge is 0.326 e. The van der Waals surface area contributed by atoms with Crippen molar-refractivity contribution in [3.05, 3.63) is 35.9 Å². The molecule has 3 N–H and O–H groups in total. The fourth-order valence-corrected chi connectivity index (χ4v) is 0.800. The Morgan fingerprint density at radius 1 is 1.31 bits per heavy atom. The van der Waals surface area contributed by atoms with Crippen LogP contribution in [0.3, 0.4) is 0 Å². The minimum Gasteiger partial charge on any atom is -0.326 e. The molecule has 0 aliphatic carbocycles. The molecule has 0 atom stereocenters. The summed E-state index contributed by atoms with van der Waals surface area (Å²) < 4.78 is 8.74.